The van der Waals surface area contributed by atoms with Crippen LogP contribution in [-0.2, 0) is 24.4 Å². The molecule has 47 heavy (non-hydrogen) atoms. The largest absolute Gasteiger partial charge is 0.488 e. The number of fused-ring (bicyclic) bond motifs is 2. The molecule has 10 nitrogen and oxygen atoms in total. The third-order valence-corrected chi connectivity index (χ3v) is 8.61. The van der Waals surface area contributed by atoms with Crippen molar-refractivity contribution in [2.24, 2.45) is 0 Å². The van der Waals surface area contributed by atoms with Crippen LogP contribution in [0.5, 0.6) is 23.0 Å². The van der Waals surface area contributed by atoms with E-state index >= 15 is 4.39 Å². The van der Waals surface area contributed by atoms with E-state index < -0.39 is 23.9 Å². The maximum Gasteiger partial charge on any atom is 0.326 e. The topological polar surface area (TPSA) is 143 Å². The number of hydrogen-bond donors (Lipinski definition) is 3. The molecular formula is C35H31ClFN3O7. The number of benzene rings is 3. The van der Waals surface area contributed by atoms with E-state index in [4.69, 9.17) is 30.5 Å². The summed E-state index contributed by atoms with van der Waals surface area (Å²) in [4.78, 5) is 15.9. The van der Waals surface area contributed by atoms with Crippen molar-refractivity contribution in [2.75, 3.05) is 19.8 Å². The Morgan fingerprint density at radius 3 is 2.79 bits per heavy atom. The number of carboxylic acids is 1. The maximum absolute atomic E-state index is 15.6. The Morgan fingerprint density at radius 1 is 1.17 bits per heavy atom. The third kappa shape index (κ3) is 6.53. The number of aliphatic hydroxyl groups excluding tert-OH is 1. The molecule has 3 aromatic carbocycles. The van der Waals surface area contributed by atoms with Gasteiger partial charge in [0, 0.05) is 41.7 Å². The van der Waals surface area contributed by atoms with Crippen molar-refractivity contribution in [1.82, 2.24) is 10.3 Å². The van der Waals surface area contributed by atoms with Gasteiger partial charge in [-0.05, 0) is 60.7 Å². The van der Waals surface area contributed by atoms with Gasteiger partial charge in [-0.2, -0.15) is 5.26 Å². The molecule has 0 amide bonds. The van der Waals surface area contributed by atoms with Gasteiger partial charge in [-0.25, -0.2) is 4.39 Å². The van der Waals surface area contributed by atoms with Crippen LogP contribution in [0.25, 0.3) is 11.1 Å². The van der Waals surface area contributed by atoms with Gasteiger partial charge in [0.1, 0.15) is 49.0 Å². The van der Waals surface area contributed by atoms with E-state index in [-0.39, 0.29) is 36.6 Å². The van der Waals surface area contributed by atoms with Gasteiger partial charge in [0.15, 0.2) is 17.3 Å². The Hall–Kier alpha value is -4.89. The first kappa shape index (κ1) is 32.1. The average Bonchev–Trinajstić information content (AvgIpc) is 3.50. The fraction of sp³-hybridized carbons (Fsp3) is 0.286. The number of ether oxygens (including phenoxy) is 4. The highest BCUT2D eigenvalue weighted by Crippen LogP contribution is 2.45. The second-order valence-corrected chi connectivity index (χ2v) is 11.9. The molecule has 1 aromatic heterocycles. The number of aliphatic hydroxyl groups is 1. The molecule has 6 rings (SSSR count). The zero-order chi connectivity index (χ0) is 33.1. The van der Waals surface area contributed by atoms with Crippen LogP contribution in [0.4, 0.5) is 4.39 Å². The molecule has 4 aromatic rings. The summed E-state index contributed by atoms with van der Waals surface area (Å²) < 4.78 is 39.3. The van der Waals surface area contributed by atoms with E-state index in [0.29, 0.717) is 59.0 Å². The van der Waals surface area contributed by atoms with E-state index in [1.807, 2.05) is 24.3 Å². The highest BCUT2D eigenvalue weighted by atomic mass is 35.5. The average molecular weight is 660 g/mol. The molecule has 2 heterocycles. The SMILES string of the molecule is C[C@@](CO)(NCc1cc(Cl)c(O[C@H]2CCc3c(-c4ccc5c(c4F)OCCO5)cccc32)cc1OCc1cncc(C#N)c1)C(=O)O. The first-order chi connectivity index (χ1) is 22.7. The van der Waals surface area contributed by atoms with Crippen molar-refractivity contribution < 1.29 is 38.3 Å². The number of nitrogens with zero attached hydrogens (tertiary/aromatic N) is 2. The number of aliphatic carboxylic acids is 1. The van der Waals surface area contributed by atoms with Gasteiger partial charge in [-0.3, -0.25) is 15.1 Å². The molecule has 0 spiro atoms. The zero-order valence-electron chi connectivity index (χ0n) is 25.4. The van der Waals surface area contributed by atoms with E-state index in [9.17, 15) is 20.3 Å². The summed E-state index contributed by atoms with van der Waals surface area (Å²) in [6, 6.07) is 16.1. The number of rotatable bonds is 11. The Kier molecular flexibility index (Phi) is 9.18. The summed E-state index contributed by atoms with van der Waals surface area (Å²) in [6.45, 7) is 1.45. The molecular weight excluding hydrogens is 629 g/mol. The summed E-state index contributed by atoms with van der Waals surface area (Å²) in [5, 5.41) is 31.7. The number of aromatic nitrogens is 1. The molecule has 2 aliphatic rings. The molecule has 0 saturated carbocycles. The van der Waals surface area contributed by atoms with Crippen LogP contribution in [0.2, 0.25) is 5.02 Å². The number of nitriles is 1. The van der Waals surface area contributed by atoms with Gasteiger partial charge in [0.2, 0.25) is 0 Å². The molecule has 2 atom stereocenters. The second-order valence-electron chi connectivity index (χ2n) is 11.5. The van der Waals surface area contributed by atoms with Gasteiger partial charge in [-0.15, -0.1) is 0 Å². The molecule has 0 bridgehead atoms. The summed E-state index contributed by atoms with van der Waals surface area (Å²) in [5.74, 6) is -0.492. The minimum atomic E-state index is -1.61. The number of carboxylic acid groups (broad SMARTS) is 1. The van der Waals surface area contributed by atoms with Crippen LogP contribution in [0.15, 0.2) is 60.9 Å². The number of pyridine rings is 1. The van der Waals surface area contributed by atoms with Crippen molar-refractivity contribution in [2.45, 2.75) is 44.6 Å². The van der Waals surface area contributed by atoms with E-state index in [2.05, 4.69) is 10.3 Å². The van der Waals surface area contributed by atoms with Gasteiger partial charge in [-0.1, -0.05) is 29.8 Å². The van der Waals surface area contributed by atoms with Crippen molar-refractivity contribution in [3.05, 3.63) is 99.6 Å². The van der Waals surface area contributed by atoms with E-state index in [0.717, 1.165) is 16.7 Å². The first-order valence-electron chi connectivity index (χ1n) is 15.0. The van der Waals surface area contributed by atoms with Crippen molar-refractivity contribution in [3.63, 3.8) is 0 Å². The summed E-state index contributed by atoms with van der Waals surface area (Å²) in [5.41, 5.74) is 2.98. The summed E-state index contributed by atoms with van der Waals surface area (Å²) >= 11 is 6.73. The molecule has 1 aliphatic heterocycles. The number of hydrogen-bond acceptors (Lipinski definition) is 9. The fourth-order valence-electron chi connectivity index (χ4n) is 5.65. The third-order valence-electron chi connectivity index (χ3n) is 8.31. The summed E-state index contributed by atoms with van der Waals surface area (Å²) in [7, 11) is 0. The normalized spacial score (nSPS) is 16.1. The Morgan fingerprint density at radius 2 is 2.00 bits per heavy atom. The lowest BCUT2D eigenvalue weighted by Crippen LogP contribution is -2.52. The monoisotopic (exact) mass is 659 g/mol. The quantitative estimate of drug-likeness (QED) is 0.182. The van der Waals surface area contributed by atoms with Crippen LogP contribution in [0, 0.1) is 17.1 Å². The Bertz CT molecular complexity index is 1880. The molecule has 1 aliphatic carbocycles. The maximum atomic E-state index is 15.6. The Labute approximate surface area is 275 Å². The molecule has 0 saturated heterocycles. The van der Waals surface area contributed by atoms with Gasteiger partial charge >= 0.3 is 5.97 Å². The lowest BCUT2D eigenvalue weighted by atomic mass is 9.96. The van der Waals surface area contributed by atoms with Crippen molar-refractivity contribution >= 4 is 17.6 Å². The molecule has 0 radical (unpaired) electrons. The molecule has 242 valence electrons. The molecule has 0 fully saturated rings. The molecule has 3 N–H and O–H groups in total. The van der Waals surface area contributed by atoms with Crippen LogP contribution in [-0.4, -0.2) is 46.5 Å². The lowest BCUT2D eigenvalue weighted by Gasteiger charge is -2.25. The van der Waals surface area contributed by atoms with Crippen LogP contribution in [0.1, 0.15) is 47.3 Å². The van der Waals surface area contributed by atoms with Gasteiger partial charge in [0.05, 0.1) is 17.2 Å². The minimum Gasteiger partial charge on any atom is -0.488 e. The Balaban J connectivity index is 1.29. The second kappa shape index (κ2) is 13.5. The fourth-order valence-corrected chi connectivity index (χ4v) is 5.88. The smallest absolute Gasteiger partial charge is 0.326 e. The predicted octanol–water partition coefficient (Wildman–Crippen LogP) is 5.75. The van der Waals surface area contributed by atoms with Crippen LogP contribution < -0.4 is 24.3 Å². The highest BCUT2D eigenvalue weighted by molar-refractivity contribution is 6.32. The van der Waals surface area contributed by atoms with E-state index in [1.54, 1.807) is 36.5 Å². The predicted molar refractivity (Wildman–Crippen MR) is 169 cm³/mol. The van der Waals surface area contributed by atoms with Crippen LogP contribution >= 0.6 is 11.6 Å². The molecule has 12 heteroatoms. The first-order valence-corrected chi connectivity index (χ1v) is 15.3. The van der Waals surface area contributed by atoms with Crippen LogP contribution in [0.3, 0.4) is 0 Å². The number of nitrogens with one attached hydrogen (secondary N) is 1. The van der Waals surface area contributed by atoms with Crippen molar-refractivity contribution in [3.8, 4) is 40.2 Å². The lowest BCUT2D eigenvalue weighted by molar-refractivity contribution is -0.145. The molecule has 0 unspecified atom stereocenters. The number of carbonyl (C=O) groups is 1. The minimum absolute atomic E-state index is 0.00585. The zero-order valence-corrected chi connectivity index (χ0v) is 26.1. The standard InChI is InChI=1S/C35H31ClFN3O7/c1-35(19-41,34(42)43)40-17-22-12-27(36)31(13-30(22)46-18-21-11-20(14-38)15-39-16-21)47-28-7-5-24-23(3-2-4-25(24)28)26-6-8-29-33(32(26)37)45-10-9-44-29/h2-4,6,8,11-13,15-16,28,40-41H,5,7,9-10,17-19H2,1H3,(H,42,43)/t28-,35-/m0/s1. The van der Waals surface area contributed by atoms with Gasteiger partial charge in [0.25, 0.3) is 0 Å². The highest BCUT2D eigenvalue weighted by Gasteiger charge is 2.33. The van der Waals surface area contributed by atoms with E-state index in [1.165, 1.54) is 13.1 Å². The summed E-state index contributed by atoms with van der Waals surface area (Å²) in [6.07, 6.45) is 3.90. The number of halogens is 2. The van der Waals surface area contributed by atoms with Crippen molar-refractivity contribution in [1.29, 1.82) is 5.26 Å². The van der Waals surface area contributed by atoms with Gasteiger partial charge < -0.3 is 29.2 Å².